The molecule has 0 aliphatic carbocycles. The fraction of sp³-hybridized carbons (Fsp3) is 0.0556. The van der Waals surface area contributed by atoms with Crippen molar-refractivity contribution in [3.63, 3.8) is 0 Å². The molecule has 3 aromatic rings. The van der Waals surface area contributed by atoms with Gasteiger partial charge in [-0.2, -0.15) is 4.57 Å². The van der Waals surface area contributed by atoms with Gasteiger partial charge in [0.05, 0.1) is 14.7 Å². The van der Waals surface area contributed by atoms with Crippen LogP contribution in [0.15, 0.2) is 78.0 Å². The van der Waals surface area contributed by atoms with Crippen LogP contribution < -0.4 is 4.57 Å². The molecule has 1 heterocycles. The number of hydrogen-bond donors (Lipinski definition) is 0. The summed E-state index contributed by atoms with van der Waals surface area (Å²) in [5.41, 5.74) is 0.603. The topological polar surface area (TPSA) is 147 Å². The van der Waals surface area contributed by atoms with E-state index in [9.17, 15) is 33.2 Å². The van der Waals surface area contributed by atoms with Crippen molar-refractivity contribution in [1.29, 1.82) is 0 Å². The second-order valence-electron chi connectivity index (χ2n) is 5.74. The Labute approximate surface area is 165 Å². The molecule has 0 fully saturated rings. The van der Waals surface area contributed by atoms with E-state index in [2.05, 4.69) is 0 Å². The van der Waals surface area contributed by atoms with E-state index in [0.29, 0.717) is 0 Å². The SMILES string of the molecule is Cc1ccc(S(=O)(=O)[O-])cc1.O=[N+]([O-])c1ccc(-[n+]2ccccc2)c([N+](=O)[O-])c1. The number of hydrogen-bond acceptors (Lipinski definition) is 7. The molecule has 0 saturated carbocycles. The maximum absolute atomic E-state index is 10.9. The summed E-state index contributed by atoms with van der Waals surface area (Å²) in [5.74, 6) is 0. The average molecular weight is 417 g/mol. The van der Waals surface area contributed by atoms with Gasteiger partial charge in [-0.25, -0.2) is 8.42 Å². The summed E-state index contributed by atoms with van der Waals surface area (Å²) in [6, 6.07) is 14.5. The van der Waals surface area contributed by atoms with E-state index < -0.39 is 20.0 Å². The van der Waals surface area contributed by atoms with E-state index in [0.717, 1.165) is 11.6 Å². The number of nitrogens with zero attached hydrogens (tertiary/aromatic N) is 3. The lowest BCUT2D eigenvalue weighted by atomic mass is 10.2. The number of rotatable bonds is 4. The van der Waals surface area contributed by atoms with Gasteiger partial charge < -0.3 is 4.55 Å². The van der Waals surface area contributed by atoms with E-state index in [4.69, 9.17) is 0 Å². The molecule has 0 aliphatic heterocycles. The Kier molecular flexibility index (Phi) is 6.70. The van der Waals surface area contributed by atoms with Gasteiger partial charge >= 0.3 is 5.69 Å². The largest absolute Gasteiger partial charge is 0.744 e. The highest BCUT2D eigenvalue weighted by atomic mass is 32.2. The van der Waals surface area contributed by atoms with Gasteiger partial charge in [0.1, 0.15) is 16.2 Å². The van der Waals surface area contributed by atoms with Crippen molar-refractivity contribution in [1.82, 2.24) is 0 Å². The van der Waals surface area contributed by atoms with Gasteiger partial charge in [-0.05, 0) is 19.1 Å². The lowest BCUT2D eigenvalue weighted by Gasteiger charge is -2.05. The van der Waals surface area contributed by atoms with E-state index in [-0.39, 0.29) is 22.0 Å². The molecule has 1 aromatic heterocycles. The monoisotopic (exact) mass is 417 g/mol. The number of aryl methyl sites for hydroxylation is 1. The van der Waals surface area contributed by atoms with Crippen LogP contribution in [-0.4, -0.2) is 22.8 Å². The van der Waals surface area contributed by atoms with Crippen LogP contribution in [-0.2, 0) is 10.1 Å². The highest BCUT2D eigenvalue weighted by molar-refractivity contribution is 7.85. The molecule has 150 valence electrons. The van der Waals surface area contributed by atoms with Crippen LogP contribution in [0.5, 0.6) is 0 Å². The fourth-order valence-electron chi connectivity index (χ4n) is 2.25. The van der Waals surface area contributed by atoms with E-state index >= 15 is 0 Å². The van der Waals surface area contributed by atoms with Gasteiger partial charge in [-0.1, -0.05) is 23.8 Å². The molecule has 0 atom stereocenters. The van der Waals surface area contributed by atoms with Crippen molar-refractivity contribution >= 4 is 21.5 Å². The summed E-state index contributed by atoms with van der Waals surface area (Å²) >= 11 is 0. The van der Waals surface area contributed by atoms with Crippen molar-refractivity contribution in [2.24, 2.45) is 0 Å². The molecule has 2 aromatic carbocycles. The Morgan fingerprint density at radius 1 is 0.862 bits per heavy atom. The number of aromatic nitrogens is 1. The molecule has 0 bridgehead atoms. The Balaban J connectivity index is 0.000000234. The first-order chi connectivity index (χ1) is 13.6. The maximum Gasteiger partial charge on any atom is 0.347 e. The quantitative estimate of drug-likeness (QED) is 0.274. The minimum atomic E-state index is -4.27. The second kappa shape index (κ2) is 8.99. The molecule has 29 heavy (non-hydrogen) atoms. The molecule has 10 nitrogen and oxygen atoms in total. The third-order valence-electron chi connectivity index (χ3n) is 3.67. The molecule has 0 aliphatic rings. The normalized spacial score (nSPS) is 10.6. The second-order valence-corrected chi connectivity index (χ2v) is 7.12. The van der Waals surface area contributed by atoms with Crippen LogP contribution in [0.2, 0.25) is 0 Å². The number of benzene rings is 2. The lowest BCUT2D eigenvalue weighted by Crippen LogP contribution is -2.30. The molecule has 3 rings (SSSR count). The minimum absolute atomic E-state index is 0.178. The zero-order chi connectivity index (χ0) is 21.6. The summed E-state index contributed by atoms with van der Waals surface area (Å²) in [6.07, 6.45) is 3.27. The van der Waals surface area contributed by atoms with E-state index in [1.165, 1.54) is 28.8 Å². The number of pyridine rings is 1. The van der Waals surface area contributed by atoms with Gasteiger partial charge in [-0.15, -0.1) is 0 Å². The van der Waals surface area contributed by atoms with Crippen molar-refractivity contribution in [2.45, 2.75) is 11.8 Å². The van der Waals surface area contributed by atoms with Crippen LogP contribution >= 0.6 is 0 Å². The zero-order valence-electron chi connectivity index (χ0n) is 15.0. The number of non-ortho nitro benzene ring substituents is 1. The Morgan fingerprint density at radius 3 is 1.93 bits per heavy atom. The van der Waals surface area contributed by atoms with E-state index in [1.54, 1.807) is 42.7 Å². The Hall–Kier alpha value is -3.70. The lowest BCUT2D eigenvalue weighted by molar-refractivity contribution is -0.600. The first-order valence-electron chi connectivity index (χ1n) is 8.01. The van der Waals surface area contributed by atoms with Gasteiger partial charge in [0.25, 0.3) is 11.4 Å². The average Bonchev–Trinajstić information content (AvgIpc) is 2.68. The van der Waals surface area contributed by atoms with Crippen LogP contribution in [0.1, 0.15) is 5.56 Å². The summed E-state index contributed by atoms with van der Waals surface area (Å²) in [6.45, 7) is 1.82. The fourth-order valence-corrected chi connectivity index (χ4v) is 2.72. The first-order valence-corrected chi connectivity index (χ1v) is 9.42. The predicted molar refractivity (Wildman–Crippen MR) is 100 cm³/mol. The van der Waals surface area contributed by atoms with Crippen LogP contribution in [0.25, 0.3) is 5.69 Å². The molecule has 11 heteroatoms. The Morgan fingerprint density at radius 2 is 1.45 bits per heavy atom. The van der Waals surface area contributed by atoms with Crippen LogP contribution in [0.3, 0.4) is 0 Å². The van der Waals surface area contributed by atoms with Crippen LogP contribution in [0.4, 0.5) is 11.4 Å². The predicted octanol–water partition coefficient (Wildman–Crippen LogP) is 2.68. The van der Waals surface area contributed by atoms with Crippen LogP contribution in [0, 0.1) is 27.2 Å². The molecule has 0 radical (unpaired) electrons. The molecule has 0 N–H and O–H groups in total. The van der Waals surface area contributed by atoms with E-state index in [1.807, 2.05) is 6.92 Å². The molecule has 0 spiro atoms. The summed E-state index contributed by atoms with van der Waals surface area (Å²) in [5, 5.41) is 21.5. The summed E-state index contributed by atoms with van der Waals surface area (Å²) < 4.78 is 32.7. The van der Waals surface area contributed by atoms with Gasteiger partial charge in [-0.3, -0.25) is 20.2 Å². The third-order valence-corrected chi connectivity index (χ3v) is 4.52. The molecule has 0 saturated heterocycles. The number of nitro groups is 2. The summed E-state index contributed by atoms with van der Waals surface area (Å²) in [4.78, 5) is 20.1. The minimum Gasteiger partial charge on any atom is -0.744 e. The highest BCUT2D eigenvalue weighted by Crippen LogP contribution is 2.24. The third kappa shape index (κ3) is 5.89. The first kappa shape index (κ1) is 21.6. The van der Waals surface area contributed by atoms with Gasteiger partial charge in [0.15, 0.2) is 12.4 Å². The van der Waals surface area contributed by atoms with Crippen molar-refractivity contribution < 1.29 is 27.4 Å². The zero-order valence-corrected chi connectivity index (χ0v) is 15.9. The molecular weight excluding hydrogens is 402 g/mol. The maximum atomic E-state index is 10.9. The standard InChI is InChI=1S/C11H8N3O4.C7H8O3S/c15-13(16)9-4-5-10(11(8-9)14(17)18)12-6-2-1-3-7-12;1-6-2-4-7(5-3-6)11(8,9)10/h1-8H;2-5H,1H3,(H,8,9,10)/q+1;/p-1. The van der Waals surface area contributed by atoms with Gasteiger partial charge in [0, 0.05) is 24.3 Å². The molecule has 0 amide bonds. The van der Waals surface area contributed by atoms with Crippen molar-refractivity contribution in [2.75, 3.05) is 0 Å². The van der Waals surface area contributed by atoms with Crippen molar-refractivity contribution in [3.05, 3.63) is 98.8 Å². The molecule has 0 unspecified atom stereocenters. The highest BCUT2D eigenvalue weighted by Gasteiger charge is 2.25. The summed E-state index contributed by atoms with van der Waals surface area (Å²) in [7, 11) is -4.27. The smallest absolute Gasteiger partial charge is 0.347 e. The van der Waals surface area contributed by atoms with Gasteiger partial charge in [0.2, 0.25) is 0 Å². The van der Waals surface area contributed by atoms with Crippen molar-refractivity contribution in [3.8, 4) is 5.69 Å². The Bertz CT molecular complexity index is 1130. The number of nitro benzene ring substituents is 2. The molecular formula is C18H15N3O7S.